The first-order valence-electron chi connectivity index (χ1n) is 7.78. The van der Waals surface area contributed by atoms with E-state index in [-0.39, 0.29) is 17.2 Å². The van der Waals surface area contributed by atoms with Gasteiger partial charge in [-0.1, -0.05) is 0 Å². The van der Waals surface area contributed by atoms with Crippen molar-refractivity contribution in [1.29, 1.82) is 0 Å². The number of amides is 1. The normalized spacial score (nSPS) is 10.9. The largest absolute Gasteiger partial charge is 0.289 e. The fraction of sp³-hybridized carbons (Fsp3) is 0. The van der Waals surface area contributed by atoms with Crippen molar-refractivity contribution in [3.05, 3.63) is 75.2 Å². The summed E-state index contributed by atoms with van der Waals surface area (Å²) in [5, 5.41) is 19.1. The van der Waals surface area contributed by atoms with E-state index in [1.807, 2.05) is 0 Å². The summed E-state index contributed by atoms with van der Waals surface area (Å²) in [5.41, 5.74) is 0.915. The molecule has 0 aliphatic heterocycles. The number of non-ortho nitro benzene ring substituents is 1. The van der Waals surface area contributed by atoms with E-state index in [1.165, 1.54) is 28.0 Å². The first-order chi connectivity index (χ1) is 13.4. The minimum absolute atomic E-state index is 0.0388. The Morgan fingerprint density at radius 2 is 1.93 bits per heavy atom. The molecule has 0 fully saturated rings. The molecule has 0 unspecified atom stereocenters. The Morgan fingerprint density at radius 1 is 1.18 bits per heavy atom. The van der Waals surface area contributed by atoms with Gasteiger partial charge in [0.2, 0.25) is 4.96 Å². The van der Waals surface area contributed by atoms with Crippen molar-refractivity contribution >= 4 is 33.8 Å². The van der Waals surface area contributed by atoms with Crippen LogP contribution in [0.2, 0.25) is 0 Å². The van der Waals surface area contributed by atoms with Gasteiger partial charge in [0.1, 0.15) is 11.6 Å². The molecular weight excluding hydrogens is 392 g/mol. The molecule has 2 heterocycles. The number of hydrogen-bond donors (Lipinski definition) is 1. The number of anilines is 1. The molecule has 140 valence electrons. The van der Waals surface area contributed by atoms with Crippen LogP contribution in [0.4, 0.5) is 20.4 Å². The predicted octanol–water partition coefficient (Wildman–Crippen LogP) is 3.90. The van der Waals surface area contributed by atoms with Crippen LogP contribution in [0.25, 0.3) is 16.2 Å². The number of benzene rings is 2. The second kappa shape index (κ2) is 6.78. The first-order valence-corrected chi connectivity index (χ1v) is 8.66. The average Bonchev–Trinajstić information content (AvgIpc) is 3.21. The minimum Gasteiger partial charge on any atom is -0.289 e. The number of nitrogens with one attached hydrogen (secondary N) is 1. The fourth-order valence-electron chi connectivity index (χ4n) is 2.53. The molecule has 11 heteroatoms. The molecule has 0 saturated carbocycles. The van der Waals surface area contributed by atoms with E-state index in [2.05, 4.69) is 15.4 Å². The van der Waals surface area contributed by atoms with Gasteiger partial charge in [-0.25, -0.2) is 13.3 Å². The average molecular weight is 401 g/mol. The number of aromatic nitrogens is 3. The molecule has 1 amide bonds. The zero-order valence-electron chi connectivity index (χ0n) is 13.8. The highest BCUT2D eigenvalue weighted by Crippen LogP contribution is 2.27. The molecule has 0 bridgehead atoms. The Morgan fingerprint density at radius 3 is 2.61 bits per heavy atom. The molecule has 8 nitrogen and oxygen atoms in total. The number of halogens is 2. The van der Waals surface area contributed by atoms with Crippen molar-refractivity contribution in [2.24, 2.45) is 0 Å². The summed E-state index contributed by atoms with van der Waals surface area (Å²) in [7, 11) is 0. The van der Waals surface area contributed by atoms with Crippen molar-refractivity contribution in [3.8, 4) is 11.3 Å². The lowest BCUT2D eigenvalue weighted by Crippen LogP contribution is -2.15. The summed E-state index contributed by atoms with van der Waals surface area (Å²) < 4.78 is 28.2. The molecule has 0 spiro atoms. The van der Waals surface area contributed by atoms with Gasteiger partial charge >= 0.3 is 0 Å². The Kier molecular flexibility index (Phi) is 4.28. The smallest absolute Gasteiger partial charge is 0.269 e. The lowest BCUT2D eigenvalue weighted by atomic mass is 10.1. The van der Waals surface area contributed by atoms with Crippen LogP contribution in [-0.2, 0) is 0 Å². The Labute approximate surface area is 159 Å². The maximum atomic E-state index is 13.7. The van der Waals surface area contributed by atoms with Crippen LogP contribution in [0.5, 0.6) is 0 Å². The maximum absolute atomic E-state index is 13.7. The number of thiazole rings is 1. The molecule has 0 aliphatic carbocycles. The van der Waals surface area contributed by atoms with E-state index in [4.69, 9.17) is 0 Å². The lowest BCUT2D eigenvalue weighted by molar-refractivity contribution is -0.384. The SMILES string of the molecule is O=C(Nc1nc2scc(-c3ccc([N+](=O)[O-])cc3)n2n1)c1ccc(F)cc1F. The third kappa shape index (κ3) is 3.18. The summed E-state index contributed by atoms with van der Waals surface area (Å²) in [6, 6.07) is 8.51. The van der Waals surface area contributed by atoms with E-state index < -0.39 is 22.5 Å². The van der Waals surface area contributed by atoms with E-state index >= 15 is 0 Å². The highest BCUT2D eigenvalue weighted by molar-refractivity contribution is 7.15. The summed E-state index contributed by atoms with van der Waals surface area (Å²) in [5.74, 6) is -2.65. The summed E-state index contributed by atoms with van der Waals surface area (Å²) in [6.07, 6.45) is 0. The number of nitro groups is 1. The number of carbonyl (C=O) groups excluding carboxylic acids is 1. The van der Waals surface area contributed by atoms with Gasteiger partial charge in [0.15, 0.2) is 0 Å². The molecule has 2 aromatic carbocycles. The number of hydrogen-bond acceptors (Lipinski definition) is 6. The predicted molar refractivity (Wildman–Crippen MR) is 97.3 cm³/mol. The Bertz CT molecular complexity index is 1220. The zero-order valence-corrected chi connectivity index (χ0v) is 14.6. The molecule has 0 aliphatic rings. The van der Waals surface area contributed by atoms with Crippen LogP contribution in [-0.4, -0.2) is 25.4 Å². The van der Waals surface area contributed by atoms with E-state index in [9.17, 15) is 23.7 Å². The third-order valence-corrected chi connectivity index (χ3v) is 4.67. The fourth-order valence-corrected chi connectivity index (χ4v) is 3.36. The van der Waals surface area contributed by atoms with Crippen molar-refractivity contribution in [1.82, 2.24) is 14.6 Å². The highest BCUT2D eigenvalue weighted by Gasteiger charge is 2.17. The quantitative estimate of drug-likeness (QED) is 0.413. The monoisotopic (exact) mass is 401 g/mol. The topological polar surface area (TPSA) is 102 Å². The zero-order chi connectivity index (χ0) is 19.8. The van der Waals surface area contributed by atoms with Gasteiger partial charge in [0, 0.05) is 29.1 Å². The second-order valence-electron chi connectivity index (χ2n) is 5.63. The number of nitrogens with zero attached hydrogens (tertiary/aromatic N) is 4. The van der Waals surface area contributed by atoms with Gasteiger partial charge in [0.25, 0.3) is 17.5 Å². The second-order valence-corrected chi connectivity index (χ2v) is 6.47. The summed E-state index contributed by atoms with van der Waals surface area (Å²) in [6.45, 7) is 0. The molecule has 0 atom stereocenters. The van der Waals surface area contributed by atoms with Gasteiger partial charge in [-0.2, -0.15) is 4.98 Å². The van der Waals surface area contributed by atoms with E-state index in [0.717, 1.165) is 12.1 Å². The number of fused-ring (bicyclic) bond motifs is 1. The van der Waals surface area contributed by atoms with E-state index in [0.29, 0.717) is 22.3 Å². The van der Waals surface area contributed by atoms with Gasteiger partial charge in [-0.3, -0.25) is 20.2 Å². The van der Waals surface area contributed by atoms with Crippen LogP contribution >= 0.6 is 11.3 Å². The molecule has 2 aromatic heterocycles. The van der Waals surface area contributed by atoms with Crippen LogP contribution in [0.15, 0.2) is 47.8 Å². The molecule has 0 radical (unpaired) electrons. The van der Waals surface area contributed by atoms with Crippen molar-refractivity contribution in [2.75, 3.05) is 5.32 Å². The van der Waals surface area contributed by atoms with Gasteiger partial charge in [-0.05, 0) is 24.3 Å². The van der Waals surface area contributed by atoms with Crippen molar-refractivity contribution < 1.29 is 18.5 Å². The van der Waals surface area contributed by atoms with Gasteiger partial charge in [0.05, 0.1) is 16.2 Å². The van der Waals surface area contributed by atoms with E-state index in [1.54, 1.807) is 17.5 Å². The number of rotatable bonds is 4. The maximum Gasteiger partial charge on any atom is 0.269 e. The molecule has 4 aromatic rings. The molecule has 1 N–H and O–H groups in total. The highest BCUT2D eigenvalue weighted by atomic mass is 32.1. The first kappa shape index (κ1) is 17.7. The molecule has 0 saturated heterocycles. The molecule has 28 heavy (non-hydrogen) atoms. The third-order valence-electron chi connectivity index (χ3n) is 3.86. The molecular formula is C17H9F2N5O3S. The van der Waals surface area contributed by atoms with Gasteiger partial charge in [-0.15, -0.1) is 16.4 Å². The number of carbonyl (C=O) groups is 1. The molecule has 4 rings (SSSR count). The van der Waals surface area contributed by atoms with Crippen LogP contribution < -0.4 is 5.32 Å². The number of nitro benzene ring substituents is 1. The lowest BCUT2D eigenvalue weighted by Gasteiger charge is -2.02. The van der Waals surface area contributed by atoms with Crippen LogP contribution in [0, 0.1) is 21.7 Å². The van der Waals surface area contributed by atoms with Crippen molar-refractivity contribution in [3.63, 3.8) is 0 Å². The minimum atomic E-state index is -0.995. The summed E-state index contributed by atoms with van der Waals surface area (Å²) >= 11 is 1.25. The van der Waals surface area contributed by atoms with Gasteiger partial charge < -0.3 is 0 Å². The van der Waals surface area contributed by atoms with Crippen LogP contribution in [0.1, 0.15) is 10.4 Å². The van der Waals surface area contributed by atoms with Crippen LogP contribution in [0.3, 0.4) is 0 Å². The summed E-state index contributed by atoms with van der Waals surface area (Å²) in [4.78, 5) is 27.1. The Balaban J connectivity index is 1.62. The standard InChI is InChI=1S/C17H9F2N5O3S/c18-10-3-6-12(13(19)7-10)15(25)20-16-21-17-23(22-16)14(8-28-17)9-1-4-11(5-2-9)24(26)27/h1-8H,(H,20,22,25). The van der Waals surface area contributed by atoms with Crippen molar-refractivity contribution in [2.45, 2.75) is 0 Å². The Hall–Kier alpha value is -3.73.